The number of hydrogen-bond donors (Lipinski definition) is 2. The van der Waals surface area contributed by atoms with Gasteiger partial charge in [-0.2, -0.15) is 0 Å². The second kappa shape index (κ2) is 8.68. The normalized spacial score (nSPS) is 12.8. The zero-order valence-electron chi connectivity index (χ0n) is 17.9. The van der Waals surface area contributed by atoms with Gasteiger partial charge in [0.05, 0.1) is 36.4 Å². The molecule has 0 fully saturated rings. The number of oxazole rings is 1. The number of amides is 1. The lowest BCUT2D eigenvalue weighted by molar-refractivity contribution is -0.133. The number of aromatic nitrogens is 5. The van der Waals surface area contributed by atoms with Gasteiger partial charge >= 0.3 is 0 Å². The topological polar surface area (TPSA) is 136 Å². The number of pyridine rings is 4. The standard InChI is InChI=1S/C24H18N6O4/c1-33-20-6-2-5-19(30-20)24(32,23-28-8-9-34-23)22(31)29-17-10-16(12-25-13-17)18-14-26-11-15-4-3-7-27-21(15)18/h2-14,32H,1H3,(H,29,31). The van der Waals surface area contributed by atoms with Crippen LogP contribution in [0.15, 0.2) is 84.3 Å². The highest BCUT2D eigenvalue weighted by Gasteiger charge is 2.46. The van der Waals surface area contributed by atoms with Crippen LogP contribution in [0.5, 0.6) is 5.88 Å². The number of aliphatic hydroxyl groups is 1. The van der Waals surface area contributed by atoms with E-state index in [4.69, 9.17) is 9.15 Å². The number of ether oxygens (including phenoxy) is 1. The SMILES string of the molecule is COc1cccc(C(O)(C(=O)Nc2cncc(-c3cncc4cccnc34)c2)c2ncco2)n1. The molecule has 1 atom stereocenters. The molecule has 0 radical (unpaired) electrons. The first-order valence-electron chi connectivity index (χ1n) is 10.2. The Balaban J connectivity index is 1.53. The van der Waals surface area contributed by atoms with Crippen LogP contribution in [0.25, 0.3) is 22.0 Å². The summed E-state index contributed by atoms with van der Waals surface area (Å²) in [5, 5.41) is 15.1. The van der Waals surface area contributed by atoms with E-state index < -0.39 is 11.5 Å². The molecule has 5 rings (SSSR count). The van der Waals surface area contributed by atoms with Crippen molar-refractivity contribution < 1.29 is 19.1 Å². The molecule has 1 unspecified atom stereocenters. The highest BCUT2D eigenvalue weighted by Crippen LogP contribution is 2.31. The number of anilines is 1. The van der Waals surface area contributed by atoms with Gasteiger partial charge in [0.15, 0.2) is 0 Å². The summed E-state index contributed by atoms with van der Waals surface area (Å²) in [6.45, 7) is 0. The van der Waals surface area contributed by atoms with E-state index >= 15 is 0 Å². The minimum absolute atomic E-state index is 0.0154. The van der Waals surface area contributed by atoms with Gasteiger partial charge in [-0.1, -0.05) is 6.07 Å². The summed E-state index contributed by atoms with van der Waals surface area (Å²) < 4.78 is 10.4. The van der Waals surface area contributed by atoms with Crippen LogP contribution in [-0.2, 0) is 10.4 Å². The van der Waals surface area contributed by atoms with Crippen LogP contribution in [0.1, 0.15) is 11.6 Å². The highest BCUT2D eigenvalue weighted by molar-refractivity contribution is 6.00. The highest BCUT2D eigenvalue weighted by atomic mass is 16.5. The van der Waals surface area contributed by atoms with E-state index in [1.807, 2.05) is 12.1 Å². The predicted octanol–water partition coefficient (Wildman–Crippen LogP) is 2.96. The van der Waals surface area contributed by atoms with Gasteiger partial charge < -0.3 is 19.6 Å². The van der Waals surface area contributed by atoms with Crippen molar-refractivity contribution in [2.75, 3.05) is 12.4 Å². The lowest BCUT2D eigenvalue weighted by Gasteiger charge is -2.23. The molecular weight excluding hydrogens is 436 g/mol. The smallest absolute Gasteiger partial charge is 0.272 e. The summed E-state index contributed by atoms with van der Waals surface area (Å²) in [6.07, 6.45) is 10.8. The minimum Gasteiger partial charge on any atom is -0.481 e. The summed E-state index contributed by atoms with van der Waals surface area (Å²) in [5.74, 6) is -0.851. The van der Waals surface area contributed by atoms with Crippen LogP contribution in [0, 0.1) is 0 Å². The van der Waals surface area contributed by atoms with Gasteiger partial charge in [0, 0.05) is 47.4 Å². The Morgan fingerprint density at radius 3 is 2.76 bits per heavy atom. The molecule has 10 heteroatoms. The third-order valence-electron chi connectivity index (χ3n) is 5.19. The predicted molar refractivity (Wildman–Crippen MR) is 122 cm³/mol. The van der Waals surface area contributed by atoms with Crippen LogP contribution in [-0.4, -0.2) is 43.0 Å². The maximum Gasteiger partial charge on any atom is 0.272 e. The molecule has 5 heterocycles. The Labute approximate surface area is 193 Å². The first-order chi connectivity index (χ1) is 16.6. The van der Waals surface area contributed by atoms with Crippen LogP contribution >= 0.6 is 0 Å². The fraction of sp³-hybridized carbons (Fsp3) is 0.0833. The van der Waals surface area contributed by atoms with Crippen LogP contribution in [0.2, 0.25) is 0 Å². The molecule has 5 aromatic heterocycles. The number of hydrogen-bond acceptors (Lipinski definition) is 9. The van der Waals surface area contributed by atoms with Crippen molar-refractivity contribution in [1.29, 1.82) is 0 Å². The fourth-order valence-electron chi connectivity index (χ4n) is 3.54. The second-order valence-electron chi connectivity index (χ2n) is 7.29. The Bertz CT molecular complexity index is 1470. The van der Waals surface area contributed by atoms with Crippen LogP contribution in [0.3, 0.4) is 0 Å². The van der Waals surface area contributed by atoms with Gasteiger partial charge in [-0.25, -0.2) is 9.97 Å². The Morgan fingerprint density at radius 1 is 1.06 bits per heavy atom. The van der Waals surface area contributed by atoms with Crippen molar-refractivity contribution in [3.05, 3.63) is 91.4 Å². The van der Waals surface area contributed by atoms with Crippen molar-refractivity contribution in [3.63, 3.8) is 0 Å². The molecule has 1 amide bonds. The van der Waals surface area contributed by atoms with Gasteiger partial charge in [0.2, 0.25) is 11.8 Å². The third kappa shape index (κ3) is 3.71. The average molecular weight is 454 g/mol. The van der Waals surface area contributed by atoms with E-state index in [1.165, 1.54) is 31.8 Å². The van der Waals surface area contributed by atoms with E-state index in [2.05, 4.69) is 30.2 Å². The lowest BCUT2D eigenvalue weighted by Crippen LogP contribution is -2.42. The average Bonchev–Trinajstić information content (AvgIpc) is 3.43. The molecule has 0 aliphatic carbocycles. The third-order valence-corrected chi connectivity index (χ3v) is 5.19. The molecule has 0 aromatic carbocycles. The Kier molecular flexibility index (Phi) is 5.40. The van der Waals surface area contributed by atoms with Crippen molar-refractivity contribution in [1.82, 2.24) is 24.9 Å². The molecule has 0 aliphatic heterocycles. The lowest BCUT2D eigenvalue weighted by atomic mass is 9.97. The maximum absolute atomic E-state index is 13.4. The van der Waals surface area contributed by atoms with E-state index in [1.54, 1.807) is 43.0 Å². The summed E-state index contributed by atoms with van der Waals surface area (Å²) in [7, 11) is 1.44. The number of methoxy groups -OCH3 is 1. The molecule has 34 heavy (non-hydrogen) atoms. The van der Waals surface area contributed by atoms with E-state index in [0.29, 0.717) is 11.3 Å². The molecule has 5 aromatic rings. The monoisotopic (exact) mass is 454 g/mol. The number of fused-ring (bicyclic) bond motifs is 1. The second-order valence-corrected chi connectivity index (χ2v) is 7.29. The Morgan fingerprint density at radius 2 is 1.94 bits per heavy atom. The number of rotatable bonds is 6. The zero-order chi connectivity index (χ0) is 23.5. The van der Waals surface area contributed by atoms with Gasteiger partial charge in [-0.05, 0) is 24.3 Å². The molecule has 0 saturated carbocycles. The summed E-state index contributed by atoms with van der Waals surface area (Å²) >= 11 is 0. The largest absolute Gasteiger partial charge is 0.481 e. The van der Waals surface area contributed by atoms with Crippen molar-refractivity contribution in [2.24, 2.45) is 0 Å². The summed E-state index contributed by atoms with van der Waals surface area (Å²) in [4.78, 5) is 34.6. The van der Waals surface area contributed by atoms with Crippen LogP contribution in [0.4, 0.5) is 5.69 Å². The number of carbonyl (C=O) groups excluding carboxylic acids is 1. The summed E-state index contributed by atoms with van der Waals surface area (Å²) in [6, 6.07) is 10.1. The molecule has 168 valence electrons. The van der Waals surface area contributed by atoms with Gasteiger partial charge in [0.1, 0.15) is 6.26 Å². The number of carbonyl (C=O) groups is 1. The maximum atomic E-state index is 13.4. The molecule has 10 nitrogen and oxygen atoms in total. The Hall–Kier alpha value is -4.70. The van der Waals surface area contributed by atoms with E-state index in [0.717, 1.165) is 16.5 Å². The van der Waals surface area contributed by atoms with E-state index in [-0.39, 0.29) is 17.5 Å². The molecule has 0 spiro atoms. The first kappa shape index (κ1) is 21.2. The number of nitrogens with one attached hydrogen (secondary N) is 1. The van der Waals surface area contributed by atoms with Crippen molar-refractivity contribution in [3.8, 4) is 17.0 Å². The van der Waals surface area contributed by atoms with Gasteiger partial charge in [-0.15, -0.1) is 0 Å². The first-order valence-corrected chi connectivity index (χ1v) is 10.2. The van der Waals surface area contributed by atoms with Crippen molar-refractivity contribution in [2.45, 2.75) is 5.60 Å². The van der Waals surface area contributed by atoms with Crippen LogP contribution < -0.4 is 10.1 Å². The fourth-order valence-corrected chi connectivity index (χ4v) is 3.54. The quantitative estimate of drug-likeness (QED) is 0.397. The molecule has 2 N–H and O–H groups in total. The van der Waals surface area contributed by atoms with Gasteiger partial charge in [-0.3, -0.25) is 19.7 Å². The zero-order valence-corrected chi connectivity index (χ0v) is 17.9. The minimum atomic E-state index is -2.32. The summed E-state index contributed by atoms with van der Waals surface area (Å²) in [5.41, 5.74) is 0.186. The van der Waals surface area contributed by atoms with Gasteiger partial charge in [0.25, 0.3) is 11.5 Å². The molecule has 0 saturated heterocycles. The molecule has 0 bridgehead atoms. The van der Waals surface area contributed by atoms with Crippen molar-refractivity contribution >= 4 is 22.5 Å². The van der Waals surface area contributed by atoms with E-state index in [9.17, 15) is 9.90 Å². The molecular formula is C24H18N6O4. The molecule has 0 aliphatic rings. The number of nitrogens with zero attached hydrogens (tertiary/aromatic N) is 5.